The first-order valence-electron chi connectivity index (χ1n) is 6.73. The van der Waals surface area contributed by atoms with Crippen molar-refractivity contribution in [2.75, 3.05) is 0 Å². The van der Waals surface area contributed by atoms with Gasteiger partial charge in [0.05, 0.1) is 11.1 Å². The zero-order chi connectivity index (χ0) is 14.1. The molecule has 1 aromatic heterocycles. The van der Waals surface area contributed by atoms with Crippen molar-refractivity contribution >= 4 is 11.6 Å². The first kappa shape index (κ1) is 13.5. The van der Waals surface area contributed by atoms with Crippen LogP contribution in [0.1, 0.15) is 41.7 Å². The van der Waals surface area contributed by atoms with Gasteiger partial charge in [0.2, 0.25) is 0 Å². The summed E-state index contributed by atoms with van der Waals surface area (Å²) in [7, 11) is 0. The van der Waals surface area contributed by atoms with Crippen LogP contribution in [0, 0.1) is 5.82 Å². The molecule has 0 fully saturated rings. The van der Waals surface area contributed by atoms with Gasteiger partial charge in [-0.3, -0.25) is 4.98 Å². The Labute approximate surface area is 122 Å². The summed E-state index contributed by atoms with van der Waals surface area (Å²) < 4.78 is 13.5. The molecule has 0 radical (unpaired) electrons. The zero-order valence-corrected chi connectivity index (χ0v) is 11.6. The van der Waals surface area contributed by atoms with Crippen molar-refractivity contribution in [3.8, 4) is 0 Å². The highest BCUT2D eigenvalue weighted by atomic mass is 35.5. The molecule has 1 N–H and O–H groups in total. The fourth-order valence-corrected chi connectivity index (χ4v) is 3.00. The molecule has 20 heavy (non-hydrogen) atoms. The monoisotopic (exact) mass is 291 g/mol. The predicted octanol–water partition coefficient (Wildman–Crippen LogP) is 4.03. The lowest BCUT2D eigenvalue weighted by molar-refractivity contribution is 0.133. The van der Waals surface area contributed by atoms with Crippen LogP contribution >= 0.6 is 11.6 Å². The van der Waals surface area contributed by atoms with Crippen molar-refractivity contribution in [1.82, 2.24) is 4.98 Å². The average Bonchev–Trinajstić information content (AvgIpc) is 2.49. The van der Waals surface area contributed by atoms with Crippen LogP contribution in [0.5, 0.6) is 0 Å². The number of aliphatic hydroxyl groups excluding tert-OH is 1. The second-order valence-corrected chi connectivity index (χ2v) is 5.57. The minimum Gasteiger partial charge on any atom is -0.388 e. The Kier molecular flexibility index (Phi) is 3.72. The van der Waals surface area contributed by atoms with Crippen molar-refractivity contribution in [2.45, 2.75) is 31.3 Å². The maximum Gasteiger partial charge on any atom is 0.142 e. The molecule has 2 atom stereocenters. The van der Waals surface area contributed by atoms with Gasteiger partial charge in [0, 0.05) is 17.8 Å². The normalized spacial score (nSPS) is 19.4. The van der Waals surface area contributed by atoms with Crippen LogP contribution in [0.4, 0.5) is 4.39 Å². The number of pyridine rings is 1. The number of aliphatic hydroxyl groups is 1. The number of aryl methyl sites for hydroxylation is 1. The molecule has 4 heteroatoms. The lowest BCUT2D eigenvalue weighted by atomic mass is 9.81. The van der Waals surface area contributed by atoms with Gasteiger partial charge in [0.25, 0.3) is 0 Å². The fraction of sp³-hybridized carbons (Fsp3) is 0.312. The van der Waals surface area contributed by atoms with E-state index in [0.29, 0.717) is 5.56 Å². The molecular formula is C16H15ClFNO. The third-order valence-corrected chi connectivity index (χ3v) is 4.21. The molecule has 2 aromatic rings. The van der Waals surface area contributed by atoms with Gasteiger partial charge in [0.15, 0.2) is 0 Å². The second kappa shape index (κ2) is 5.51. The predicted molar refractivity (Wildman–Crippen MR) is 76.3 cm³/mol. The Balaban J connectivity index is 1.95. The van der Waals surface area contributed by atoms with E-state index in [9.17, 15) is 9.50 Å². The quantitative estimate of drug-likeness (QED) is 0.906. The van der Waals surface area contributed by atoms with E-state index < -0.39 is 11.9 Å². The van der Waals surface area contributed by atoms with Crippen LogP contribution in [-0.4, -0.2) is 10.1 Å². The first-order valence-corrected chi connectivity index (χ1v) is 7.11. The number of rotatable bonds is 2. The highest BCUT2D eigenvalue weighted by Gasteiger charge is 2.29. The van der Waals surface area contributed by atoms with Gasteiger partial charge in [-0.25, -0.2) is 4.39 Å². The Morgan fingerprint density at radius 2 is 2.20 bits per heavy atom. The number of benzene rings is 1. The number of halogens is 2. The summed E-state index contributed by atoms with van der Waals surface area (Å²) >= 11 is 5.68. The van der Waals surface area contributed by atoms with Gasteiger partial charge in [-0.05, 0) is 48.6 Å². The molecule has 0 saturated carbocycles. The van der Waals surface area contributed by atoms with Crippen molar-refractivity contribution in [3.63, 3.8) is 0 Å². The molecule has 3 rings (SSSR count). The standard InChI is InChI=1S/C16H15ClFNO/c17-13-7-6-11(9-14(13)18)16(20)12-5-1-3-10-4-2-8-19-15(10)12/h2,4,6-9,12,16,20H,1,3,5H2. The summed E-state index contributed by atoms with van der Waals surface area (Å²) in [5, 5.41) is 10.6. The van der Waals surface area contributed by atoms with E-state index in [2.05, 4.69) is 4.98 Å². The number of nitrogens with zero attached hydrogens (tertiary/aromatic N) is 1. The van der Waals surface area contributed by atoms with Crippen LogP contribution in [0.15, 0.2) is 36.5 Å². The lowest BCUT2D eigenvalue weighted by Crippen LogP contribution is -2.18. The van der Waals surface area contributed by atoms with E-state index in [0.717, 1.165) is 25.0 Å². The highest BCUT2D eigenvalue weighted by Crippen LogP contribution is 2.39. The smallest absolute Gasteiger partial charge is 0.142 e. The van der Waals surface area contributed by atoms with E-state index in [1.165, 1.54) is 17.7 Å². The van der Waals surface area contributed by atoms with Crippen LogP contribution in [-0.2, 0) is 6.42 Å². The van der Waals surface area contributed by atoms with E-state index in [4.69, 9.17) is 11.6 Å². The minimum atomic E-state index is -0.754. The third-order valence-electron chi connectivity index (χ3n) is 3.90. The molecule has 104 valence electrons. The highest BCUT2D eigenvalue weighted by molar-refractivity contribution is 6.30. The summed E-state index contributed by atoms with van der Waals surface area (Å²) in [4.78, 5) is 4.41. The first-order chi connectivity index (χ1) is 9.66. The maximum absolute atomic E-state index is 13.5. The molecule has 0 amide bonds. The number of hydrogen-bond acceptors (Lipinski definition) is 2. The zero-order valence-electron chi connectivity index (χ0n) is 10.9. The molecule has 0 saturated heterocycles. The van der Waals surface area contributed by atoms with Crippen molar-refractivity contribution < 1.29 is 9.50 Å². The molecule has 2 unspecified atom stereocenters. The van der Waals surface area contributed by atoms with Crippen LogP contribution in [0.2, 0.25) is 5.02 Å². The molecule has 1 heterocycles. The molecule has 1 aliphatic rings. The number of aromatic nitrogens is 1. The van der Waals surface area contributed by atoms with E-state index in [1.54, 1.807) is 12.3 Å². The van der Waals surface area contributed by atoms with Gasteiger partial charge in [-0.1, -0.05) is 23.7 Å². The Morgan fingerprint density at radius 3 is 3.00 bits per heavy atom. The van der Waals surface area contributed by atoms with Gasteiger partial charge in [-0.2, -0.15) is 0 Å². The van der Waals surface area contributed by atoms with E-state index >= 15 is 0 Å². The Hall–Kier alpha value is -1.45. The number of fused-ring (bicyclic) bond motifs is 1. The Morgan fingerprint density at radius 1 is 1.35 bits per heavy atom. The molecule has 2 nitrogen and oxygen atoms in total. The third kappa shape index (κ3) is 2.43. The van der Waals surface area contributed by atoms with Gasteiger partial charge >= 0.3 is 0 Å². The molecular weight excluding hydrogens is 277 g/mol. The van der Waals surface area contributed by atoms with Gasteiger partial charge in [0.1, 0.15) is 5.82 Å². The average molecular weight is 292 g/mol. The van der Waals surface area contributed by atoms with Crippen molar-refractivity contribution in [3.05, 3.63) is 64.2 Å². The molecule has 0 aliphatic heterocycles. The lowest BCUT2D eigenvalue weighted by Gasteiger charge is -2.28. The molecule has 0 bridgehead atoms. The fourth-order valence-electron chi connectivity index (χ4n) is 2.88. The second-order valence-electron chi connectivity index (χ2n) is 5.16. The molecule has 1 aromatic carbocycles. The molecule has 0 spiro atoms. The topological polar surface area (TPSA) is 33.1 Å². The van der Waals surface area contributed by atoms with Crippen LogP contribution in [0.3, 0.4) is 0 Å². The van der Waals surface area contributed by atoms with Crippen molar-refractivity contribution in [1.29, 1.82) is 0 Å². The summed E-state index contributed by atoms with van der Waals surface area (Å²) in [5.41, 5.74) is 2.66. The summed E-state index contributed by atoms with van der Waals surface area (Å²) in [6.07, 6.45) is 3.84. The largest absolute Gasteiger partial charge is 0.388 e. The van der Waals surface area contributed by atoms with Gasteiger partial charge in [-0.15, -0.1) is 0 Å². The SMILES string of the molecule is OC(c1ccc(Cl)c(F)c1)C1CCCc2cccnc21. The van der Waals surface area contributed by atoms with Crippen LogP contribution < -0.4 is 0 Å². The van der Waals surface area contributed by atoms with Crippen LogP contribution in [0.25, 0.3) is 0 Å². The molecule has 1 aliphatic carbocycles. The van der Waals surface area contributed by atoms with Gasteiger partial charge < -0.3 is 5.11 Å². The summed E-state index contributed by atoms with van der Waals surface area (Å²) in [6.45, 7) is 0. The van der Waals surface area contributed by atoms with Crippen molar-refractivity contribution in [2.24, 2.45) is 0 Å². The Bertz CT molecular complexity index is 632. The number of hydrogen-bond donors (Lipinski definition) is 1. The minimum absolute atomic E-state index is 0.0723. The van der Waals surface area contributed by atoms with E-state index in [1.807, 2.05) is 12.1 Å². The summed E-state index contributed by atoms with van der Waals surface area (Å²) in [5.74, 6) is -0.583. The van der Waals surface area contributed by atoms with E-state index in [-0.39, 0.29) is 10.9 Å². The summed E-state index contributed by atoms with van der Waals surface area (Å²) in [6, 6.07) is 8.42. The maximum atomic E-state index is 13.5.